The van der Waals surface area contributed by atoms with Crippen molar-refractivity contribution in [3.63, 3.8) is 0 Å². The third-order valence-electron chi connectivity index (χ3n) is 3.57. The molecule has 0 aromatic rings. The minimum absolute atomic E-state index is 0.200. The van der Waals surface area contributed by atoms with Crippen LogP contribution in [-0.2, 0) is 10.0 Å². The van der Waals surface area contributed by atoms with Gasteiger partial charge in [-0.2, -0.15) is 11.8 Å². The lowest BCUT2D eigenvalue weighted by atomic mass is 10.1. The first kappa shape index (κ1) is 18.3. The third-order valence-corrected chi connectivity index (χ3v) is 6.90. The largest absolute Gasteiger partial charge is 0.315 e. The van der Waals surface area contributed by atoms with Crippen LogP contribution in [0.5, 0.6) is 0 Å². The van der Waals surface area contributed by atoms with Crippen LogP contribution in [0.1, 0.15) is 47.0 Å². The van der Waals surface area contributed by atoms with Crippen LogP contribution in [0.2, 0.25) is 0 Å². The molecule has 0 radical (unpaired) electrons. The number of thioether (sulfide) groups is 1. The van der Waals surface area contributed by atoms with E-state index in [2.05, 4.69) is 33.0 Å². The van der Waals surface area contributed by atoms with E-state index in [1.807, 2.05) is 11.8 Å². The molecule has 0 aliphatic carbocycles. The van der Waals surface area contributed by atoms with Gasteiger partial charge in [0.15, 0.2) is 0 Å². The molecule has 1 aliphatic heterocycles. The molecule has 1 rings (SSSR count). The molecule has 0 saturated carbocycles. The van der Waals surface area contributed by atoms with Crippen molar-refractivity contribution in [2.45, 2.75) is 57.7 Å². The molecule has 20 heavy (non-hydrogen) atoms. The number of hydrogen-bond acceptors (Lipinski definition) is 4. The van der Waals surface area contributed by atoms with Crippen molar-refractivity contribution in [1.82, 2.24) is 9.62 Å². The summed E-state index contributed by atoms with van der Waals surface area (Å²) in [5, 5.41) is 3.32. The average molecular weight is 323 g/mol. The summed E-state index contributed by atoms with van der Waals surface area (Å²) in [7, 11) is -3.07. The number of sulfonamides is 1. The zero-order valence-electron chi connectivity index (χ0n) is 13.3. The maximum Gasteiger partial charge on any atom is 0.214 e. The van der Waals surface area contributed by atoms with Gasteiger partial charge < -0.3 is 5.32 Å². The van der Waals surface area contributed by atoms with Gasteiger partial charge >= 0.3 is 0 Å². The Bertz CT molecular complexity index is 381. The number of rotatable bonds is 7. The normalized spacial score (nSPS) is 21.1. The zero-order valence-corrected chi connectivity index (χ0v) is 14.9. The lowest BCUT2D eigenvalue weighted by molar-refractivity contribution is 0.414. The van der Waals surface area contributed by atoms with E-state index in [-0.39, 0.29) is 10.5 Å². The highest BCUT2D eigenvalue weighted by Gasteiger charge is 2.29. The number of nitrogens with zero attached hydrogens (tertiary/aromatic N) is 1. The number of unbranched alkanes of at least 4 members (excludes halogenated alkanes) is 1. The van der Waals surface area contributed by atoms with E-state index in [1.165, 1.54) is 0 Å². The Morgan fingerprint density at radius 2 is 1.95 bits per heavy atom. The van der Waals surface area contributed by atoms with Gasteiger partial charge in [0.25, 0.3) is 0 Å². The van der Waals surface area contributed by atoms with Gasteiger partial charge in [-0.05, 0) is 25.8 Å². The van der Waals surface area contributed by atoms with Gasteiger partial charge in [-0.3, -0.25) is 0 Å². The summed E-state index contributed by atoms with van der Waals surface area (Å²) in [4.78, 5) is 0. The van der Waals surface area contributed by atoms with Gasteiger partial charge in [0, 0.05) is 29.6 Å². The Balaban J connectivity index is 2.36. The number of nitrogens with one attached hydrogen (secondary N) is 1. The average Bonchev–Trinajstić information content (AvgIpc) is 2.49. The molecule has 1 heterocycles. The van der Waals surface area contributed by atoms with Crippen LogP contribution in [0.3, 0.4) is 0 Å². The van der Waals surface area contributed by atoms with Crippen molar-refractivity contribution >= 4 is 21.8 Å². The Labute approximate surface area is 129 Å². The maximum atomic E-state index is 12.3. The molecule has 0 aromatic heterocycles. The van der Waals surface area contributed by atoms with Crippen LogP contribution in [0.15, 0.2) is 0 Å². The second-order valence-corrected chi connectivity index (χ2v) is 10.3. The Morgan fingerprint density at radius 3 is 2.60 bits per heavy atom. The summed E-state index contributed by atoms with van der Waals surface area (Å²) in [5.74, 6) is 1.19. The predicted octanol–water partition coefficient (Wildman–Crippen LogP) is 2.31. The van der Waals surface area contributed by atoms with Crippen molar-refractivity contribution in [3.8, 4) is 0 Å². The van der Waals surface area contributed by atoms with Crippen LogP contribution < -0.4 is 5.32 Å². The quantitative estimate of drug-likeness (QED) is 0.731. The molecule has 1 N–H and O–H groups in total. The van der Waals surface area contributed by atoms with E-state index in [0.717, 1.165) is 31.6 Å². The minimum atomic E-state index is -3.07. The highest BCUT2D eigenvalue weighted by Crippen LogP contribution is 2.31. The van der Waals surface area contributed by atoms with E-state index >= 15 is 0 Å². The maximum absolute atomic E-state index is 12.3. The molecule has 0 aromatic carbocycles. The number of hydrogen-bond donors (Lipinski definition) is 1. The lowest BCUT2D eigenvalue weighted by Crippen LogP contribution is -2.35. The first-order chi connectivity index (χ1) is 9.23. The lowest BCUT2D eigenvalue weighted by Gasteiger charge is -2.22. The molecule has 0 atom stereocenters. The molecule has 0 unspecified atom stereocenters. The Morgan fingerprint density at radius 1 is 1.25 bits per heavy atom. The fourth-order valence-electron chi connectivity index (χ4n) is 2.21. The molecular weight excluding hydrogens is 292 g/mol. The molecule has 120 valence electrons. The van der Waals surface area contributed by atoms with Crippen molar-refractivity contribution in [3.05, 3.63) is 0 Å². The topological polar surface area (TPSA) is 49.4 Å². The second-order valence-electron chi connectivity index (χ2n) is 6.39. The van der Waals surface area contributed by atoms with Gasteiger partial charge in [0.2, 0.25) is 10.0 Å². The molecule has 4 nitrogen and oxygen atoms in total. The van der Waals surface area contributed by atoms with Gasteiger partial charge in [-0.25, -0.2) is 12.7 Å². The van der Waals surface area contributed by atoms with E-state index < -0.39 is 10.0 Å². The second kappa shape index (κ2) is 8.01. The zero-order chi connectivity index (χ0) is 15.2. The molecular formula is C14H30N2O2S2. The van der Waals surface area contributed by atoms with Crippen molar-refractivity contribution < 1.29 is 8.42 Å². The predicted molar refractivity (Wildman–Crippen MR) is 88.9 cm³/mol. The van der Waals surface area contributed by atoms with E-state index in [0.29, 0.717) is 19.1 Å². The molecule has 6 heteroatoms. The van der Waals surface area contributed by atoms with Crippen molar-refractivity contribution in [2.75, 3.05) is 31.1 Å². The van der Waals surface area contributed by atoms with Gasteiger partial charge in [0.1, 0.15) is 0 Å². The minimum Gasteiger partial charge on any atom is -0.315 e. The summed E-state index contributed by atoms with van der Waals surface area (Å²) in [6.07, 6.45) is 2.60. The smallest absolute Gasteiger partial charge is 0.214 e. The molecule has 1 fully saturated rings. The monoisotopic (exact) mass is 322 g/mol. The fourth-order valence-corrected chi connectivity index (χ4v) is 4.99. The van der Waals surface area contributed by atoms with E-state index in [9.17, 15) is 8.42 Å². The van der Waals surface area contributed by atoms with Crippen LogP contribution in [-0.4, -0.2) is 54.7 Å². The van der Waals surface area contributed by atoms with Crippen LogP contribution >= 0.6 is 11.8 Å². The van der Waals surface area contributed by atoms with Crippen LogP contribution in [0, 0.1) is 0 Å². The first-order valence-electron chi connectivity index (χ1n) is 7.58. The highest BCUT2D eigenvalue weighted by molar-refractivity contribution is 8.00. The Hall–Kier alpha value is 0.220. The van der Waals surface area contributed by atoms with Crippen molar-refractivity contribution in [1.29, 1.82) is 0 Å². The summed E-state index contributed by atoms with van der Waals surface area (Å²) >= 11 is 1.88. The summed E-state index contributed by atoms with van der Waals surface area (Å²) in [6.45, 7) is 10.8. The van der Waals surface area contributed by atoms with Crippen LogP contribution in [0.4, 0.5) is 0 Å². The van der Waals surface area contributed by atoms with E-state index in [1.54, 1.807) is 4.31 Å². The molecule has 1 saturated heterocycles. The van der Waals surface area contributed by atoms with Gasteiger partial charge in [-0.1, -0.05) is 27.7 Å². The molecule has 0 amide bonds. The SMILES string of the molecule is CC(C)NCCCCS(=O)(=O)N1CCSC(C)(C)CC1. The third kappa shape index (κ3) is 6.78. The molecule has 1 aliphatic rings. The summed E-state index contributed by atoms with van der Waals surface area (Å²) < 4.78 is 26.6. The molecule has 0 bridgehead atoms. The Kier molecular flexibility index (Phi) is 7.32. The highest BCUT2D eigenvalue weighted by atomic mass is 32.2. The molecule has 0 spiro atoms. The van der Waals surface area contributed by atoms with E-state index in [4.69, 9.17) is 0 Å². The van der Waals surface area contributed by atoms with Crippen LogP contribution in [0.25, 0.3) is 0 Å². The van der Waals surface area contributed by atoms with Gasteiger partial charge in [-0.15, -0.1) is 0 Å². The summed E-state index contributed by atoms with van der Waals surface area (Å²) in [6, 6.07) is 0.469. The standard InChI is InChI=1S/C14H30N2O2S2/c1-13(2)15-8-5-6-12-20(17,18)16-9-7-14(3,4)19-11-10-16/h13,15H,5-12H2,1-4H3. The fraction of sp³-hybridized carbons (Fsp3) is 1.00. The van der Waals surface area contributed by atoms with Crippen molar-refractivity contribution in [2.24, 2.45) is 0 Å². The summed E-state index contributed by atoms with van der Waals surface area (Å²) in [5.41, 5.74) is 0. The first-order valence-corrected chi connectivity index (χ1v) is 10.2. The van der Waals surface area contributed by atoms with Gasteiger partial charge in [0.05, 0.1) is 5.75 Å².